The summed E-state index contributed by atoms with van der Waals surface area (Å²) in [5.74, 6) is -1.25. The summed E-state index contributed by atoms with van der Waals surface area (Å²) in [4.78, 5) is 26.6. The van der Waals surface area contributed by atoms with Crippen molar-refractivity contribution in [1.82, 2.24) is 9.78 Å². The van der Waals surface area contributed by atoms with Crippen molar-refractivity contribution in [3.8, 4) is 5.88 Å². The van der Waals surface area contributed by atoms with E-state index in [4.69, 9.17) is 27.9 Å². The van der Waals surface area contributed by atoms with Gasteiger partial charge in [-0.05, 0) is 68.7 Å². The highest BCUT2D eigenvalue weighted by molar-refractivity contribution is 7.90. The number of hydrogen-bond donors (Lipinski definition) is 0. The van der Waals surface area contributed by atoms with E-state index in [9.17, 15) is 18.0 Å². The van der Waals surface area contributed by atoms with Crippen molar-refractivity contribution in [2.45, 2.75) is 32.6 Å². The molecule has 0 aliphatic rings. The van der Waals surface area contributed by atoms with E-state index < -0.39 is 21.6 Å². The molecule has 0 bridgehead atoms. The maximum Gasteiger partial charge on any atom is 0.346 e. The summed E-state index contributed by atoms with van der Waals surface area (Å²) in [7, 11) is -1.93. The lowest BCUT2D eigenvalue weighted by Crippen LogP contribution is -2.16. The lowest BCUT2D eigenvalue weighted by molar-refractivity contribution is 0.0718. The smallest absolute Gasteiger partial charge is 0.346 e. The Kier molecular flexibility index (Phi) is 6.75. The van der Waals surface area contributed by atoms with Gasteiger partial charge in [0, 0.05) is 23.9 Å². The maximum atomic E-state index is 13.6. The molecule has 0 saturated heterocycles. The van der Waals surface area contributed by atoms with E-state index in [0.29, 0.717) is 33.0 Å². The molecule has 3 rings (SSSR count). The summed E-state index contributed by atoms with van der Waals surface area (Å²) in [5.41, 5.74) is 2.31. The fraction of sp³-hybridized carbons (Fsp3) is 0.261. The van der Waals surface area contributed by atoms with Gasteiger partial charge in [-0.15, -0.1) is 0 Å². The van der Waals surface area contributed by atoms with Crippen LogP contribution in [0.1, 0.15) is 48.7 Å². The first-order valence-electron chi connectivity index (χ1n) is 9.80. The Balaban J connectivity index is 2.11. The summed E-state index contributed by atoms with van der Waals surface area (Å²) in [5, 5.41) is 4.71. The third kappa shape index (κ3) is 4.69. The molecule has 1 aromatic heterocycles. The summed E-state index contributed by atoms with van der Waals surface area (Å²) in [6, 6.07) is 5.88. The second-order valence-electron chi connectivity index (χ2n) is 7.82. The van der Waals surface area contributed by atoms with Crippen LogP contribution in [-0.2, 0) is 16.9 Å². The Hall–Kier alpha value is -2.68. The Morgan fingerprint density at radius 3 is 2.21 bits per heavy atom. The van der Waals surface area contributed by atoms with Crippen LogP contribution in [0.3, 0.4) is 0 Å². The van der Waals surface area contributed by atoms with Crippen LogP contribution in [0.4, 0.5) is 0 Å². The average molecular weight is 509 g/mol. The van der Waals surface area contributed by atoms with Crippen molar-refractivity contribution in [3.05, 3.63) is 73.4 Å². The van der Waals surface area contributed by atoms with Gasteiger partial charge in [-0.25, -0.2) is 17.9 Å². The van der Waals surface area contributed by atoms with Gasteiger partial charge in [-0.1, -0.05) is 23.2 Å². The largest absolute Gasteiger partial charge is 0.403 e. The van der Waals surface area contributed by atoms with E-state index in [0.717, 1.165) is 6.26 Å². The minimum absolute atomic E-state index is 0.0459. The molecule has 10 heteroatoms. The molecule has 7 nitrogen and oxygen atoms in total. The SMILES string of the molecule is Cc1cc(C(=O)c2c(C)nn(C)c2OC(=O)c2ccc(Cl)cc2Cl)c(C)c(C)c1S(C)(=O)=O. The molecule has 33 heavy (non-hydrogen) atoms. The molecule has 0 amide bonds. The fourth-order valence-electron chi connectivity index (χ4n) is 3.81. The molecule has 1 heterocycles. The normalized spacial score (nSPS) is 11.5. The lowest BCUT2D eigenvalue weighted by atomic mass is 9.94. The molecule has 3 aromatic rings. The highest BCUT2D eigenvalue weighted by Crippen LogP contribution is 2.32. The Morgan fingerprint density at radius 1 is 1.00 bits per heavy atom. The Labute approximate surface area is 202 Å². The average Bonchev–Trinajstić information content (AvgIpc) is 2.96. The highest BCUT2D eigenvalue weighted by atomic mass is 35.5. The number of halogens is 2. The molecule has 2 aromatic carbocycles. The number of rotatable bonds is 5. The lowest BCUT2D eigenvalue weighted by Gasteiger charge is -2.15. The highest BCUT2D eigenvalue weighted by Gasteiger charge is 2.29. The van der Waals surface area contributed by atoms with Crippen molar-refractivity contribution >= 4 is 44.8 Å². The predicted molar refractivity (Wildman–Crippen MR) is 127 cm³/mol. The summed E-state index contributed by atoms with van der Waals surface area (Å²) < 4.78 is 31.3. The van der Waals surface area contributed by atoms with Crippen LogP contribution in [0.25, 0.3) is 0 Å². The monoisotopic (exact) mass is 508 g/mol. The topological polar surface area (TPSA) is 95.3 Å². The van der Waals surface area contributed by atoms with Crippen LogP contribution in [0.15, 0.2) is 29.2 Å². The van der Waals surface area contributed by atoms with Gasteiger partial charge in [0.05, 0.1) is 21.2 Å². The van der Waals surface area contributed by atoms with Crippen LogP contribution in [0.2, 0.25) is 10.0 Å². The zero-order valence-corrected chi connectivity index (χ0v) is 21.2. The van der Waals surface area contributed by atoms with E-state index in [1.54, 1.807) is 34.7 Å². The number of esters is 1. The van der Waals surface area contributed by atoms with Gasteiger partial charge in [-0.3, -0.25) is 4.79 Å². The van der Waals surface area contributed by atoms with Gasteiger partial charge in [-0.2, -0.15) is 5.10 Å². The third-order valence-corrected chi connectivity index (χ3v) is 7.30. The minimum atomic E-state index is -3.48. The van der Waals surface area contributed by atoms with Gasteiger partial charge < -0.3 is 4.74 Å². The van der Waals surface area contributed by atoms with Crippen LogP contribution < -0.4 is 4.74 Å². The number of sulfone groups is 1. The number of benzene rings is 2. The zero-order valence-electron chi connectivity index (χ0n) is 18.9. The Bertz CT molecular complexity index is 1430. The van der Waals surface area contributed by atoms with Crippen LogP contribution in [-0.4, -0.2) is 36.2 Å². The molecule has 0 aliphatic carbocycles. The van der Waals surface area contributed by atoms with Crippen molar-refractivity contribution < 1.29 is 22.7 Å². The van der Waals surface area contributed by atoms with Crippen LogP contribution in [0, 0.1) is 27.7 Å². The molecule has 174 valence electrons. The van der Waals surface area contributed by atoms with Crippen molar-refractivity contribution in [1.29, 1.82) is 0 Å². The summed E-state index contributed by atoms with van der Waals surface area (Å²) in [6.07, 6.45) is 1.13. The first-order chi connectivity index (χ1) is 15.2. The molecule has 0 atom stereocenters. The van der Waals surface area contributed by atoms with Gasteiger partial charge in [0.15, 0.2) is 9.84 Å². The standard InChI is InChI=1S/C23H22Cl2N2O5S/c1-11-9-17(12(2)13(3)21(11)33(6,30)31)20(28)19-14(4)26-27(5)22(19)32-23(29)16-8-7-15(24)10-18(16)25/h7-10H,1-6H3. The predicted octanol–water partition coefficient (Wildman–Crippen LogP) is 4.81. The molecular weight excluding hydrogens is 487 g/mol. The molecule has 0 radical (unpaired) electrons. The van der Waals surface area contributed by atoms with E-state index in [2.05, 4.69) is 5.10 Å². The second-order valence-corrected chi connectivity index (χ2v) is 10.6. The molecular formula is C23H22Cl2N2O5S. The van der Waals surface area contributed by atoms with Crippen LogP contribution >= 0.6 is 23.2 Å². The van der Waals surface area contributed by atoms with Gasteiger partial charge in [0.25, 0.3) is 0 Å². The summed E-state index contributed by atoms with van der Waals surface area (Å²) >= 11 is 12.0. The summed E-state index contributed by atoms with van der Waals surface area (Å²) in [6.45, 7) is 6.61. The maximum absolute atomic E-state index is 13.6. The first kappa shape index (κ1) is 25.0. The number of nitrogens with zero attached hydrogens (tertiary/aromatic N) is 2. The van der Waals surface area contributed by atoms with Gasteiger partial charge >= 0.3 is 5.97 Å². The number of aryl methyl sites for hydroxylation is 3. The fourth-order valence-corrected chi connectivity index (χ4v) is 5.65. The number of ether oxygens (including phenoxy) is 1. The number of carbonyl (C=O) groups is 2. The van der Waals surface area contributed by atoms with Crippen molar-refractivity contribution in [3.63, 3.8) is 0 Å². The number of hydrogen-bond acceptors (Lipinski definition) is 6. The molecule has 0 fully saturated rings. The number of carbonyl (C=O) groups excluding carboxylic acids is 2. The van der Waals surface area contributed by atoms with Crippen molar-refractivity contribution in [2.75, 3.05) is 6.26 Å². The van der Waals surface area contributed by atoms with Crippen LogP contribution in [0.5, 0.6) is 5.88 Å². The number of ketones is 1. The minimum Gasteiger partial charge on any atom is -0.403 e. The molecule has 0 aliphatic heterocycles. The zero-order chi connectivity index (χ0) is 24.8. The quantitative estimate of drug-likeness (QED) is 0.362. The van der Waals surface area contributed by atoms with E-state index >= 15 is 0 Å². The van der Waals surface area contributed by atoms with E-state index in [1.165, 1.54) is 28.9 Å². The van der Waals surface area contributed by atoms with Crippen molar-refractivity contribution in [2.24, 2.45) is 7.05 Å². The third-order valence-electron chi connectivity index (χ3n) is 5.38. The Morgan fingerprint density at radius 2 is 1.64 bits per heavy atom. The molecule has 0 saturated carbocycles. The molecule has 0 N–H and O–H groups in total. The second kappa shape index (κ2) is 8.93. The van der Waals surface area contributed by atoms with Gasteiger partial charge in [0.1, 0.15) is 5.56 Å². The first-order valence-corrected chi connectivity index (χ1v) is 12.4. The molecule has 0 spiro atoms. The van der Waals surface area contributed by atoms with Gasteiger partial charge in [0.2, 0.25) is 11.7 Å². The van der Waals surface area contributed by atoms with E-state index in [-0.39, 0.29) is 26.9 Å². The number of aromatic nitrogens is 2. The van der Waals surface area contributed by atoms with E-state index in [1.807, 2.05) is 0 Å². The molecule has 0 unspecified atom stereocenters.